The summed E-state index contributed by atoms with van der Waals surface area (Å²) in [5.74, 6) is -0.499. The molecule has 0 fully saturated rings. The van der Waals surface area contributed by atoms with Gasteiger partial charge < -0.3 is 16.4 Å². The molecule has 0 aromatic heterocycles. The van der Waals surface area contributed by atoms with E-state index < -0.39 is 5.91 Å². The fraction of sp³-hybridized carbons (Fsp3) is 0.176. The molecule has 0 aliphatic rings. The zero-order valence-electron chi connectivity index (χ0n) is 12.8. The van der Waals surface area contributed by atoms with Crippen LogP contribution in [0.2, 0.25) is 10.0 Å². The van der Waals surface area contributed by atoms with Crippen LogP contribution in [0.5, 0.6) is 0 Å². The summed E-state index contributed by atoms with van der Waals surface area (Å²) in [5.41, 5.74) is 7.37. The second-order valence-electron chi connectivity index (χ2n) is 5.20. The van der Waals surface area contributed by atoms with Crippen LogP contribution in [0.3, 0.4) is 0 Å². The van der Waals surface area contributed by atoms with Crippen molar-refractivity contribution in [3.05, 3.63) is 69.2 Å². The second kappa shape index (κ2) is 8.57. The minimum Gasteiger partial charge on any atom is -0.366 e. The topological polar surface area (TPSA) is 84.2 Å². The average Bonchev–Trinajstić information content (AvgIpc) is 2.52. The molecular weight excluding hydrogens is 349 g/mol. The van der Waals surface area contributed by atoms with Gasteiger partial charge >= 0.3 is 6.03 Å². The van der Waals surface area contributed by atoms with E-state index in [2.05, 4.69) is 10.6 Å². The Morgan fingerprint density at radius 2 is 1.67 bits per heavy atom. The smallest absolute Gasteiger partial charge is 0.315 e. The molecule has 0 heterocycles. The quantitative estimate of drug-likeness (QED) is 0.734. The van der Waals surface area contributed by atoms with Gasteiger partial charge in [0.2, 0.25) is 5.91 Å². The van der Waals surface area contributed by atoms with Gasteiger partial charge in [-0.15, -0.1) is 0 Å². The number of hydrogen-bond acceptors (Lipinski definition) is 2. The zero-order valence-corrected chi connectivity index (χ0v) is 14.3. The Balaban J connectivity index is 1.77. The van der Waals surface area contributed by atoms with Crippen LogP contribution in [0.4, 0.5) is 4.79 Å². The maximum absolute atomic E-state index is 11.8. The lowest BCUT2D eigenvalue weighted by Crippen LogP contribution is -2.36. The summed E-state index contributed by atoms with van der Waals surface area (Å²) in [7, 11) is 0. The first-order valence-electron chi connectivity index (χ1n) is 7.29. The SMILES string of the molecule is NC(=O)c1cccc(CNC(=O)NCCc2cc(Cl)cc(Cl)c2)c1. The van der Waals surface area contributed by atoms with E-state index in [-0.39, 0.29) is 6.03 Å². The number of nitrogens with two attached hydrogens (primary N) is 1. The number of rotatable bonds is 6. The monoisotopic (exact) mass is 365 g/mol. The third kappa shape index (κ3) is 5.76. The summed E-state index contributed by atoms with van der Waals surface area (Å²) in [4.78, 5) is 22.9. The molecule has 3 amide bonds. The van der Waals surface area contributed by atoms with Crippen LogP contribution in [0.15, 0.2) is 42.5 Å². The van der Waals surface area contributed by atoms with Crippen LogP contribution in [-0.4, -0.2) is 18.5 Å². The molecule has 24 heavy (non-hydrogen) atoms. The summed E-state index contributed by atoms with van der Waals surface area (Å²) < 4.78 is 0. The molecular formula is C17H17Cl2N3O2. The van der Waals surface area contributed by atoms with Gasteiger partial charge in [-0.05, 0) is 47.9 Å². The minimum atomic E-state index is -0.499. The first-order valence-corrected chi connectivity index (χ1v) is 8.05. The summed E-state index contributed by atoms with van der Waals surface area (Å²) in [6, 6.07) is 11.8. The molecule has 126 valence electrons. The fourth-order valence-corrected chi connectivity index (χ4v) is 2.73. The molecule has 0 aliphatic carbocycles. The van der Waals surface area contributed by atoms with E-state index in [9.17, 15) is 9.59 Å². The number of carbonyl (C=O) groups excluding carboxylic acids is 2. The molecule has 2 aromatic carbocycles. The van der Waals surface area contributed by atoms with Crippen LogP contribution in [0.1, 0.15) is 21.5 Å². The van der Waals surface area contributed by atoms with Crippen molar-refractivity contribution in [1.29, 1.82) is 0 Å². The molecule has 4 N–H and O–H groups in total. The molecule has 5 nitrogen and oxygen atoms in total. The molecule has 0 unspecified atom stereocenters. The van der Waals surface area contributed by atoms with Gasteiger partial charge in [-0.1, -0.05) is 35.3 Å². The van der Waals surface area contributed by atoms with Gasteiger partial charge in [-0.25, -0.2) is 4.79 Å². The van der Waals surface area contributed by atoms with E-state index in [1.807, 2.05) is 12.1 Å². The maximum atomic E-state index is 11.8. The standard InChI is InChI=1S/C17H17Cl2N3O2/c18-14-7-11(8-15(19)9-14)4-5-21-17(24)22-10-12-2-1-3-13(6-12)16(20)23/h1-3,6-9H,4-5,10H2,(H2,20,23)(H2,21,22,24). The highest BCUT2D eigenvalue weighted by Gasteiger charge is 2.04. The van der Waals surface area contributed by atoms with Crippen molar-refractivity contribution < 1.29 is 9.59 Å². The van der Waals surface area contributed by atoms with Crippen LogP contribution in [0, 0.1) is 0 Å². The van der Waals surface area contributed by atoms with E-state index in [0.29, 0.717) is 35.1 Å². The maximum Gasteiger partial charge on any atom is 0.315 e. The summed E-state index contributed by atoms with van der Waals surface area (Å²) >= 11 is 11.9. The highest BCUT2D eigenvalue weighted by Crippen LogP contribution is 2.19. The zero-order chi connectivity index (χ0) is 17.5. The van der Waals surface area contributed by atoms with Crippen molar-refractivity contribution in [1.82, 2.24) is 10.6 Å². The van der Waals surface area contributed by atoms with Crippen molar-refractivity contribution in [2.45, 2.75) is 13.0 Å². The number of urea groups is 1. The predicted molar refractivity (Wildman–Crippen MR) is 95.4 cm³/mol. The fourth-order valence-electron chi connectivity index (χ4n) is 2.16. The van der Waals surface area contributed by atoms with Crippen LogP contribution in [0.25, 0.3) is 0 Å². The second-order valence-corrected chi connectivity index (χ2v) is 6.07. The summed E-state index contributed by atoms with van der Waals surface area (Å²) in [5, 5.41) is 6.60. The lowest BCUT2D eigenvalue weighted by atomic mass is 10.1. The van der Waals surface area contributed by atoms with E-state index in [0.717, 1.165) is 11.1 Å². The molecule has 0 spiro atoms. The van der Waals surface area contributed by atoms with Gasteiger partial charge in [0.05, 0.1) is 0 Å². The predicted octanol–water partition coefficient (Wildman–Crippen LogP) is 3.13. The third-order valence-corrected chi connectivity index (χ3v) is 3.72. The van der Waals surface area contributed by atoms with Gasteiger partial charge in [0, 0.05) is 28.7 Å². The van der Waals surface area contributed by atoms with Gasteiger partial charge in [0.1, 0.15) is 0 Å². The number of amides is 3. The van der Waals surface area contributed by atoms with Crippen LogP contribution in [-0.2, 0) is 13.0 Å². The highest BCUT2D eigenvalue weighted by molar-refractivity contribution is 6.34. The number of halogens is 2. The third-order valence-electron chi connectivity index (χ3n) is 3.29. The minimum absolute atomic E-state index is 0.299. The van der Waals surface area contributed by atoms with E-state index in [1.54, 1.807) is 30.3 Å². The number of carbonyl (C=O) groups is 2. The Bertz CT molecular complexity index is 730. The molecule has 0 atom stereocenters. The van der Waals surface area contributed by atoms with Crippen LogP contribution >= 0.6 is 23.2 Å². The van der Waals surface area contributed by atoms with Gasteiger partial charge in [-0.2, -0.15) is 0 Å². The van der Waals surface area contributed by atoms with Gasteiger partial charge in [0.15, 0.2) is 0 Å². The Labute approximate surface area is 150 Å². The number of benzene rings is 2. The molecule has 0 bridgehead atoms. The molecule has 0 radical (unpaired) electrons. The molecule has 7 heteroatoms. The Kier molecular flexibility index (Phi) is 6.46. The molecule has 0 saturated heterocycles. The van der Waals surface area contributed by atoms with Crippen molar-refractivity contribution in [3.8, 4) is 0 Å². The summed E-state index contributed by atoms with van der Waals surface area (Å²) in [6.07, 6.45) is 0.616. The normalized spacial score (nSPS) is 10.2. The summed E-state index contributed by atoms with van der Waals surface area (Å²) in [6.45, 7) is 0.750. The number of hydrogen-bond donors (Lipinski definition) is 3. The van der Waals surface area contributed by atoms with E-state index in [1.165, 1.54) is 0 Å². The first-order chi connectivity index (χ1) is 11.4. The average molecular weight is 366 g/mol. The Morgan fingerprint density at radius 1 is 0.958 bits per heavy atom. The van der Waals surface area contributed by atoms with Crippen molar-refractivity contribution in [2.24, 2.45) is 5.73 Å². The molecule has 2 rings (SSSR count). The van der Waals surface area contributed by atoms with Crippen LogP contribution < -0.4 is 16.4 Å². The highest BCUT2D eigenvalue weighted by atomic mass is 35.5. The largest absolute Gasteiger partial charge is 0.366 e. The van der Waals surface area contributed by atoms with Gasteiger partial charge in [-0.3, -0.25) is 4.79 Å². The van der Waals surface area contributed by atoms with E-state index >= 15 is 0 Å². The lowest BCUT2D eigenvalue weighted by Gasteiger charge is -2.09. The molecule has 2 aromatic rings. The van der Waals surface area contributed by atoms with Crippen molar-refractivity contribution in [3.63, 3.8) is 0 Å². The first kappa shape index (κ1) is 18.1. The van der Waals surface area contributed by atoms with Crippen molar-refractivity contribution >= 4 is 35.1 Å². The molecule has 0 saturated carbocycles. The Morgan fingerprint density at radius 3 is 2.33 bits per heavy atom. The van der Waals surface area contributed by atoms with Gasteiger partial charge in [0.25, 0.3) is 0 Å². The number of nitrogens with one attached hydrogen (secondary N) is 2. The molecule has 0 aliphatic heterocycles. The van der Waals surface area contributed by atoms with E-state index in [4.69, 9.17) is 28.9 Å². The number of primary amides is 1. The lowest BCUT2D eigenvalue weighted by molar-refractivity contribution is 0.1000. The van der Waals surface area contributed by atoms with Crippen molar-refractivity contribution in [2.75, 3.05) is 6.54 Å². The Hall–Kier alpha value is -2.24.